The number of nitrogens with one attached hydrogen (secondary N) is 1. The predicted octanol–water partition coefficient (Wildman–Crippen LogP) is 1.08. The molecule has 4 heteroatoms. The van der Waals surface area contributed by atoms with E-state index in [1.165, 1.54) is 12.8 Å². The van der Waals surface area contributed by atoms with E-state index in [1.807, 2.05) is 6.92 Å². The van der Waals surface area contributed by atoms with Crippen molar-refractivity contribution < 1.29 is 14.6 Å². The first-order valence-corrected chi connectivity index (χ1v) is 7.27. The monoisotopic (exact) mass is 255 g/mol. The highest BCUT2D eigenvalue weighted by atomic mass is 16.6. The Bertz CT molecular complexity index is 295. The highest BCUT2D eigenvalue weighted by Gasteiger charge is 2.46. The minimum atomic E-state index is -0.623. The molecule has 0 bridgehead atoms. The Hall–Kier alpha value is -0.160. The third-order valence-electron chi connectivity index (χ3n) is 4.77. The van der Waals surface area contributed by atoms with Gasteiger partial charge in [0.05, 0.1) is 17.8 Å². The second-order valence-electron chi connectivity index (χ2n) is 6.54. The van der Waals surface area contributed by atoms with E-state index in [0.717, 1.165) is 32.5 Å². The van der Waals surface area contributed by atoms with Crippen LogP contribution in [0.4, 0.5) is 0 Å². The fourth-order valence-electron chi connectivity index (χ4n) is 3.20. The zero-order chi connectivity index (χ0) is 12.6. The molecule has 3 atom stereocenters. The van der Waals surface area contributed by atoms with Crippen LogP contribution in [0.2, 0.25) is 0 Å². The topological polar surface area (TPSA) is 50.7 Å². The molecule has 1 spiro atoms. The molecule has 0 aromatic heterocycles. The number of hydrogen-bond acceptors (Lipinski definition) is 4. The summed E-state index contributed by atoms with van der Waals surface area (Å²) in [5.41, 5.74) is -0.728. The number of ether oxygens (including phenoxy) is 2. The molecule has 3 rings (SSSR count). The quantitative estimate of drug-likeness (QED) is 0.789. The molecule has 18 heavy (non-hydrogen) atoms. The van der Waals surface area contributed by atoms with Gasteiger partial charge in [-0.05, 0) is 38.5 Å². The largest absolute Gasteiger partial charge is 0.389 e. The Morgan fingerprint density at radius 3 is 2.83 bits per heavy atom. The molecule has 2 heterocycles. The SMILES string of the molecule is CC(O)(CNC1CC1)C1CCOC2(CCOC2)C1. The summed E-state index contributed by atoms with van der Waals surface area (Å²) >= 11 is 0. The molecule has 1 aliphatic carbocycles. The summed E-state index contributed by atoms with van der Waals surface area (Å²) in [6.45, 7) is 4.94. The van der Waals surface area contributed by atoms with Gasteiger partial charge in [0.1, 0.15) is 0 Å². The normalized spacial score (nSPS) is 40.0. The highest BCUT2D eigenvalue weighted by molar-refractivity contribution is 4.97. The minimum Gasteiger partial charge on any atom is -0.389 e. The maximum absolute atomic E-state index is 10.7. The van der Waals surface area contributed by atoms with Crippen LogP contribution in [0.5, 0.6) is 0 Å². The third kappa shape index (κ3) is 2.72. The molecule has 2 saturated heterocycles. The van der Waals surface area contributed by atoms with E-state index < -0.39 is 5.60 Å². The molecule has 0 radical (unpaired) electrons. The van der Waals surface area contributed by atoms with Crippen molar-refractivity contribution in [1.82, 2.24) is 5.32 Å². The van der Waals surface area contributed by atoms with Crippen LogP contribution in [0.3, 0.4) is 0 Å². The van der Waals surface area contributed by atoms with E-state index >= 15 is 0 Å². The Balaban J connectivity index is 1.59. The van der Waals surface area contributed by atoms with Crippen molar-refractivity contribution in [3.05, 3.63) is 0 Å². The van der Waals surface area contributed by atoms with E-state index in [4.69, 9.17) is 9.47 Å². The lowest BCUT2D eigenvalue weighted by molar-refractivity contribution is -0.137. The lowest BCUT2D eigenvalue weighted by Crippen LogP contribution is -2.51. The van der Waals surface area contributed by atoms with Crippen molar-refractivity contribution in [2.24, 2.45) is 5.92 Å². The van der Waals surface area contributed by atoms with Gasteiger partial charge in [-0.3, -0.25) is 0 Å². The zero-order valence-electron chi connectivity index (χ0n) is 11.3. The Morgan fingerprint density at radius 2 is 2.17 bits per heavy atom. The molecule has 1 saturated carbocycles. The number of hydrogen-bond donors (Lipinski definition) is 2. The maximum atomic E-state index is 10.7. The van der Waals surface area contributed by atoms with Crippen LogP contribution in [-0.2, 0) is 9.47 Å². The second kappa shape index (κ2) is 4.75. The number of aliphatic hydroxyl groups is 1. The molecular formula is C14H25NO3. The van der Waals surface area contributed by atoms with Crippen molar-refractivity contribution in [2.45, 2.75) is 56.3 Å². The van der Waals surface area contributed by atoms with Gasteiger partial charge in [-0.25, -0.2) is 0 Å². The lowest BCUT2D eigenvalue weighted by Gasteiger charge is -2.43. The van der Waals surface area contributed by atoms with E-state index in [2.05, 4.69) is 5.32 Å². The molecule has 0 amide bonds. The second-order valence-corrected chi connectivity index (χ2v) is 6.54. The maximum Gasteiger partial charge on any atom is 0.0940 e. The molecule has 2 aliphatic heterocycles. The molecular weight excluding hydrogens is 230 g/mol. The molecule has 3 fully saturated rings. The highest BCUT2D eigenvalue weighted by Crippen LogP contribution is 2.40. The van der Waals surface area contributed by atoms with Gasteiger partial charge < -0.3 is 19.9 Å². The smallest absolute Gasteiger partial charge is 0.0940 e. The van der Waals surface area contributed by atoms with Crippen LogP contribution < -0.4 is 5.32 Å². The minimum absolute atomic E-state index is 0.105. The molecule has 3 unspecified atom stereocenters. The van der Waals surface area contributed by atoms with Crippen molar-refractivity contribution in [2.75, 3.05) is 26.4 Å². The van der Waals surface area contributed by atoms with Crippen LogP contribution in [0.15, 0.2) is 0 Å². The fraction of sp³-hybridized carbons (Fsp3) is 1.00. The first kappa shape index (κ1) is 12.9. The van der Waals surface area contributed by atoms with Gasteiger partial charge in [-0.1, -0.05) is 0 Å². The van der Waals surface area contributed by atoms with E-state index in [-0.39, 0.29) is 5.60 Å². The predicted molar refractivity (Wildman–Crippen MR) is 68.5 cm³/mol. The van der Waals surface area contributed by atoms with Gasteiger partial charge in [0.15, 0.2) is 0 Å². The molecule has 0 aromatic rings. The molecule has 3 aliphatic rings. The molecule has 0 aromatic carbocycles. The zero-order valence-corrected chi connectivity index (χ0v) is 11.3. The summed E-state index contributed by atoms with van der Waals surface area (Å²) in [6.07, 6.45) is 5.41. The third-order valence-corrected chi connectivity index (χ3v) is 4.77. The average molecular weight is 255 g/mol. The van der Waals surface area contributed by atoms with Crippen molar-refractivity contribution in [3.63, 3.8) is 0 Å². The Labute approximate surface area is 109 Å². The Morgan fingerprint density at radius 1 is 1.33 bits per heavy atom. The summed E-state index contributed by atoms with van der Waals surface area (Å²) < 4.78 is 11.4. The summed E-state index contributed by atoms with van der Waals surface area (Å²) in [5.74, 6) is 0.319. The van der Waals surface area contributed by atoms with Crippen molar-refractivity contribution in [1.29, 1.82) is 0 Å². The summed E-state index contributed by atoms with van der Waals surface area (Å²) in [5, 5.41) is 14.2. The first-order chi connectivity index (χ1) is 8.60. The van der Waals surface area contributed by atoms with Crippen LogP contribution in [0.25, 0.3) is 0 Å². The van der Waals surface area contributed by atoms with Crippen molar-refractivity contribution >= 4 is 0 Å². The summed E-state index contributed by atoms with van der Waals surface area (Å²) in [6, 6.07) is 0.653. The van der Waals surface area contributed by atoms with Gasteiger partial charge in [0, 0.05) is 32.2 Å². The number of rotatable bonds is 4. The van der Waals surface area contributed by atoms with E-state index in [0.29, 0.717) is 25.1 Å². The average Bonchev–Trinajstić information content (AvgIpc) is 3.09. The molecule has 4 nitrogen and oxygen atoms in total. The standard InChI is InChI=1S/C14H25NO3/c1-13(16,9-15-12-2-3-12)11-4-6-18-14(8-11)5-7-17-10-14/h11-12,15-16H,2-10H2,1H3. The first-order valence-electron chi connectivity index (χ1n) is 7.27. The van der Waals surface area contributed by atoms with Crippen molar-refractivity contribution in [3.8, 4) is 0 Å². The van der Waals surface area contributed by atoms with Gasteiger partial charge in [0.2, 0.25) is 0 Å². The summed E-state index contributed by atoms with van der Waals surface area (Å²) in [4.78, 5) is 0. The lowest BCUT2D eigenvalue weighted by atomic mass is 9.76. The Kier molecular flexibility index (Phi) is 3.39. The fourth-order valence-corrected chi connectivity index (χ4v) is 3.20. The van der Waals surface area contributed by atoms with Gasteiger partial charge in [-0.15, -0.1) is 0 Å². The molecule has 2 N–H and O–H groups in total. The van der Waals surface area contributed by atoms with Crippen LogP contribution in [0, 0.1) is 5.92 Å². The van der Waals surface area contributed by atoms with Gasteiger partial charge in [0.25, 0.3) is 0 Å². The van der Waals surface area contributed by atoms with Gasteiger partial charge >= 0.3 is 0 Å². The van der Waals surface area contributed by atoms with E-state index in [9.17, 15) is 5.11 Å². The van der Waals surface area contributed by atoms with Crippen LogP contribution in [0.1, 0.15) is 39.0 Å². The van der Waals surface area contributed by atoms with Gasteiger partial charge in [-0.2, -0.15) is 0 Å². The van der Waals surface area contributed by atoms with Crippen LogP contribution >= 0.6 is 0 Å². The molecule has 104 valence electrons. The summed E-state index contributed by atoms with van der Waals surface area (Å²) in [7, 11) is 0. The van der Waals surface area contributed by atoms with Crippen LogP contribution in [-0.4, -0.2) is 48.7 Å². The van der Waals surface area contributed by atoms with E-state index in [1.54, 1.807) is 0 Å².